The third-order valence-corrected chi connectivity index (χ3v) is 5.89. The van der Waals surface area contributed by atoms with E-state index in [-0.39, 0.29) is 11.9 Å². The Bertz CT molecular complexity index is 1040. The summed E-state index contributed by atoms with van der Waals surface area (Å²) in [6.07, 6.45) is 2.37. The van der Waals surface area contributed by atoms with Gasteiger partial charge in [-0.2, -0.15) is 13.2 Å². The number of nitrogens with one attached hydrogen (secondary N) is 1. The molecule has 0 amide bonds. The van der Waals surface area contributed by atoms with Crippen LogP contribution in [0.1, 0.15) is 36.9 Å². The minimum atomic E-state index is -4.46. The van der Waals surface area contributed by atoms with E-state index >= 15 is 0 Å². The summed E-state index contributed by atoms with van der Waals surface area (Å²) in [7, 11) is 1.75. The lowest BCUT2D eigenvalue weighted by Gasteiger charge is -2.28. The molecule has 0 radical (unpaired) electrons. The molecule has 1 aliphatic rings. The summed E-state index contributed by atoms with van der Waals surface area (Å²) < 4.78 is 49.8. The number of ether oxygens (including phenoxy) is 2. The number of halogens is 3. The molecule has 170 valence electrons. The molecule has 1 fully saturated rings. The molecule has 0 bridgehead atoms. The van der Waals surface area contributed by atoms with E-state index in [9.17, 15) is 13.2 Å². The van der Waals surface area contributed by atoms with Crippen LogP contribution in [0.5, 0.6) is 5.75 Å². The van der Waals surface area contributed by atoms with Crippen molar-refractivity contribution in [2.45, 2.75) is 44.9 Å². The predicted molar refractivity (Wildman–Crippen MR) is 115 cm³/mol. The first kappa shape index (κ1) is 22.3. The van der Waals surface area contributed by atoms with Crippen molar-refractivity contribution in [3.63, 3.8) is 0 Å². The molecule has 1 saturated carbocycles. The van der Waals surface area contributed by atoms with E-state index in [0.29, 0.717) is 11.5 Å². The van der Waals surface area contributed by atoms with Gasteiger partial charge in [0.15, 0.2) is 0 Å². The molecule has 1 N–H and O–H groups in total. The zero-order valence-corrected chi connectivity index (χ0v) is 18.1. The molecule has 4 rings (SSSR count). The molecular weight excluding hydrogens is 419 g/mol. The van der Waals surface area contributed by atoms with Crippen molar-refractivity contribution in [1.82, 2.24) is 15.0 Å². The Labute approximate surface area is 185 Å². The number of aromatic amines is 1. The van der Waals surface area contributed by atoms with Crippen molar-refractivity contribution in [3.8, 4) is 28.4 Å². The number of methoxy groups -OCH3 is 1. The lowest BCUT2D eigenvalue weighted by Crippen LogP contribution is -2.26. The molecular formula is C24H26F3N3O2. The van der Waals surface area contributed by atoms with E-state index in [2.05, 4.69) is 15.0 Å². The highest BCUT2D eigenvalue weighted by Gasteiger charge is 2.33. The monoisotopic (exact) mass is 445 g/mol. The van der Waals surface area contributed by atoms with Crippen molar-refractivity contribution < 1.29 is 22.6 Å². The summed E-state index contributed by atoms with van der Waals surface area (Å²) in [6.45, 7) is 2.81. The highest BCUT2D eigenvalue weighted by molar-refractivity contribution is 5.67. The van der Waals surface area contributed by atoms with Gasteiger partial charge >= 0.3 is 6.18 Å². The average Bonchev–Trinajstić information content (AvgIpc) is 3.27. The molecule has 2 aromatic heterocycles. The van der Waals surface area contributed by atoms with E-state index in [4.69, 9.17) is 9.47 Å². The standard InChI is InChI=1S/C24H26F3N3O2/c1-15-11-19(32-18-6-3-16(4-7-18)14-31-2)8-9-20(15)21-10-5-17(12-28-21)23-29-13-22(30-23)24(25,26)27/h5,8-13,16,18H,3-4,6-7,14H2,1-2H3,(H,29,30). The van der Waals surface area contributed by atoms with Crippen molar-refractivity contribution in [2.24, 2.45) is 5.92 Å². The molecule has 3 aromatic rings. The SMILES string of the molecule is COCC1CCC(Oc2ccc(-c3ccc(-c4ncc(C(F)(F)F)[nH]4)cn3)c(C)c2)CC1. The van der Waals surface area contributed by atoms with Gasteiger partial charge in [-0.05, 0) is 74.4 Å². The maximum atomic E-state index is 12.8. The summed E-state index contributed by atoms with van der Waals surface area (Å²) in [4.78, 5) is 10.5. The molecule has 32 heavy (non-hydrogen) atoms. The quantitative estimate of drug-likeness (QED) is 0.502. The largest absolute Gasteiger partial charge is 0.490 e. The van der Waals surface area contributed by atoms with Gasteiger partial charge in [-0.25, -0.2) is 4.98 Å². The van der Waals surface area contributed by atoms with Crippen LogP contribution in [0.3, 0.4) is 0 Å². The minimum absolute atomic E-state index is 0.136. The first-order chi connectivity index (χ1) is 15.3. The van der Waals surface area contributed by atoms with Gasteiger partial charge < -0.3 is 14.5 Å². The Morgan fingerprint density at radius 2 is 1.81 bits per heavy atom. The van der Waals surface area contributed by atoms with Gasteiger partial charge in [0.25, 0.3) is 0 Å². The lowest BCUT2D eigenvalue weighted by atomic mass is 9.88. The third-order valence-electron chi connectivity index (χ3n) is 5.89. The molecule has 0 aliphatic heterocycles. The lowest BCUT2D eigenvalue weighted by molar-refractivity contribution is -0.140. The number of nitrogens with zero attached hydrogens (tertiary/aromatic N) is 2. The second kappa shape index (κ2) is 9.32. The fourth-order valence-corrected chi connectivity index (χ4v) is 4.15. The van der Waals surface area contributed by atoms with E-state index in [1.807, 2.05) is 25.1 Å². The number of aromatic nitrogens is 3. The Balaban J connectivity index is 1.42. The van der Waals surface area contributed by atoms with Gasteiger partial charge in [0.1, 0.15) is 17.3 Å². The maximum Gasteiger partial charge on any atom is 0.432 e. The van der Waals surface area contributed by atoms with E-state index in [0.717, 1.165) is 61.1 Å². The van der Waals surface area contributed by atoms with Crippen LogP contribution in [-0.2, 0) is 10.9 Å². The number of imidazole rings is 1. The molecule has 8 heteroatoms. The summed E-state index contributed by atoms with van der Waals surface area (Å²) >= 11 is 0. The molecule has 1 aromatic carbocycles. The maximum absolute atomic E-state index is 12.8. The fourth-order valence-electron chi connectivity index (χ4n) is 4.15. The van der Waals surface area contributed by atoms with Crippen LogP contribution in [0.2, 0.25) is 0 Å². The van der Waals surface area contributed by atoms with Crippen molar-refractivity contribution in [2.75, 3.05) is 13.7 Å². The Morgan fingerprint density at radius 1 is 1.03 bits per heavy atom. The second-order valence-electron chi connectivity index (χ2n) is 8.27. The number of pyridine rings is 1. The second-order valence-corrected chi connectivity index (χ2v) is 8.27. The van der Waals surface area contributed by atoms with Crippen LogP contribution in [0, 0.1) is 12.8 Å². The third kappa shape index (κ3) is 5.12. The number of hydrogen-bond donors (Lipinski definition) is 1. The van der Waals surface area contributed by atoms with Gasteiger partial charge in [0, 0.05) is 31.0 Å². The van der Waals surface area contributed by atoms with Crippen LogP contribution in [0.4, 0.5) is 13.2 Å². The zero-order valence-electron chi connectivity index (χ0n) is 18.1. The molecule has 2 heterocycles. The van der Waals surface area contributed by atoms with Crippen LogP contribution in [-0.4, -0.2) is 34.8 Å². The number of benzene rings is 1. The first-order valence-electron chi connectivity index (χ1n) is 10.7. The molecule has 0 unspecified atom stereocenters. The highest BCUT2D eigenvalue weighted by Crippen LogP contribution is 2.32. The van der Waals surface area contributed by atoms with Crippen molar-refractivity contribution in [3.05, 3.63) is 54.0 Å². The van der Waals surface area contributed by atoms with Crippen molar-refractivity contribution >= 4 is 0 Å². The number of rotatable bonds is 6. The first-order valence-corrected chi connectivity index (χ1v) is 10.7. The summed E-state index contributed by atoms with van der Waals surface area (Å²) in [5, 5.41) is 0. The van der Waals surface area contributed by atoms with Crippen LogP contribution >= 0.6 is 0 Å². The Hall–Kier alpha value is -2.87. The van der Waals surface area contributed by atoms with Crippen LogP contribution in [0.15, 0.2) is 42.7 Å². The smallest absolute Gasteiger partial charge is 0.432 e. The van der Waals surface area contributed by atoms with E-state index in [1.54, 1.807) is 19.2 Å². The average molecular weight is 445 g/mol. The van der Waals surface area contributed by atoms with Gasteiger partial charge in [0.05, 0.1) is 18.0 Å². The summed E-state index contributed by atoms with van der Waals surface area (Å²) in [5.74, 6) is 1.60. The predicted octanol–water partition coefficient (Wildman–Crippen LogP) is 6.05. The summed E-state index contributed by atoms with van der Waals surface area (Å²) in [5.41, 5.74) is 2.32. The number of H-pyrrole nitrogens is 1. The van der Waals surface area contributed by atoms with Gasteiger partial charge in [0.2, 0.25) is 0 Å². The summed E-state index contributed by atoms with van der Waals surface area (Å²) in [6, 6.07) is 9.42. The normalized spacial score (nSPS) is 19.2. The zero-order chi connectivity index (χ0) is 22.7. The van der Waals surface area contributed by atoms with Gasteiger partial charge in [-0.15, -0.1) is 0 Å². The molecule has 1 aliphatic carbocycles. The topological polar surface area (TPSA) is 60.0 Å². The molecule has 0 atom stereocenters. The fraction of sp³-hybridized carbons (Fsp3) is 0.417. The Morgan fingerprint density at radius 3 is 2.41 bits per heavy atom. The minimum Gasteiger partial charge on any atom is -0.490 e. The number of alkyl halides is 3. The van der Waals surface area contributed by atoms with E-state index < -0.39 is 11.9 Å². The van der Waals surface area contributed by atoms with Gasteiger partial charge in [-0.3, -0.25) is 4.98 Å². The Kier molecular flexibility index (Phi) is 6.50. The molecule has 5 nitrogen and oxygen atoms in total. The molecule has 0 saturated heterocycles. The highest BCUT2D eigenvalue weighted by atomic mass is 19.4. The van der Waals surface area contributed by atoms with Crippen LogP contribution < -0.4 is 4.74 Å². The van der Waals surface area contributed by atoms with Gasteiger partial charge in [-0.1, -0.05) is 0 Å². The molecule has 0 spiro atoms. The van der Waals surface area contributed by atoms with E-state index in [1.165, 1.54) is 6.20 Å². The van der Waals surface area contributed by atoms with Crippen LogP contribution in [0.25, 0.3) is 22.6 Å². The van der Waals surface area contributed by atoms with Crippen molar-refractivity contribution in [1.29, 1.82) is 0 Å². The number of hydrogen-bond acceptors (Lipinski definition) is 4. The number of aryl methyl sites for hydroxylation is 1.